The van der Waals surface area contributed by atoms with Gasteiger partial charge in [0, 0.05) is 11.2 Å². The van der Waals surface area contributed by atoms with Crippen molar-refractivity contribution >= 4 is 23.7 Å². The molecular formula is C13H12ClN3O2. The number of hydrogen-bond donors (Lipinski definition) is 2. The largest absolute Gasteiger partial charge is 0.484 e. The van der Waals surface area contributed by atoms with Gasteiger partial charge in [-0.15, -0.1) is 0 Å². The lowest BCUT2D eigenvalue weighted by Gasteiger charge is -2.04. The van der Waals surface area contributed by atoms with Gasteiger partial charge in [0.2, 0.25) is 0 Å². The highest BCUT2D eigenvalue weighted by atomic mass is 35.5. The van der Waals surface area contributed by atoms with Crippen LogP contribution >= 0.6 is 11.6 Å². The molecule has 19 heavy (non-hydrogen) atoms. The van der Waals surface area contributed by atoms with E-state index in [1.807, 2.05) is 12.1 Å². The minimum atomic E-state index is -0.335. The number of nitrogens with zero attached hydrogens (tertiary/aromatic N) is 1. The molecule has 0 bridgehead atoms. The molecule has 0 saturated heterocycles. The molecule has 1 aromatic heterocycles. The maximum atomic E-state index is 11.4. The number of hydrogen-bond acceptors (Lipinski definition) is 3. The van der Waals surface area contributed by atoms with Gasteiger partial charge in [-0.3, -0.25) is 4.79 Å². The van der Waals surface area contributed by atoms with Crippen LogP contribution in [-0.4, -0.2) is 23.7 Å². The van der Waals surface area contributed by atoms with Gasteiger partial charge >= 0.3 is 0 Å². The van der Waals surface area contributed by atoms with Crippen LogP contribution < -0.4 is 10.2 Å². The van der Waals surface area contributed by atoms with Crippen molar-refractivity contribution in [3.63, 3.8) is 0 Å². The molecule has 1 amide bonds. The summed E-state index contributed by atoms with van der Waals surface area (Å²) >= 11 is 5.73. The molecule has 1 aromatic carbocycles. The van der Waals surface area contributed by atoms with E-state index in [2.05, 4.69) is 15.5 Å². The van der Waals surface area contributed by atoms with Crippen LogP contribution in [0.4, 0.5) is 0 Å². The zero-order valence-corrected chi connectivity index (χ0v) is 10.7. The van der Waals surface area contributed by atoms with Crippen molar-refractivity contribution < 1.29 is 9.53 Å². The molecule has 0 unspecified atom stereocenters. The third kappa shape index (κ3) is 4.48. The van der Waals surface area contributed by atoms with Crippen LogP contribution in [0.25, 0.3) is 0 Å². The Labute approximate surface area is 115 Å². The average molecular weight is 278 g/mol. The number of H-pyrrole nitrogens is 1. The predicted molar refractivity (Wildman–Crippen MR) is 73.5 cm³/mol. The van der Waals surface area contributed by atoms with Gasteiger partial charge in [-0.2, -0.15) is 5.10 Å². The third-order valence-corrected chi connectivity index (χ3v) is 2.45. The van der Waals surface area contributed by atoms with Gasteiger partial charge in [0.05, 0.1) is 11.9 Å². The molecule has 1 heterocycles. The Bertz CT molecular complexity index is 550. The van der Waals surface area contributed by atoms with Crippen LogP contribution in [0.5, 0.6) is 5.75 Å². The monoisotopic (exact) mass is 277 g/mol. The van der Waals surface area contributed by atoms with Gasteiger partial charge in [-0.1, -0.05) is 11.6 Å². The summed E-state index contributed by atoms with van der Waals surface area (Å²) in [5.41, 5.74) is 3.17. The molecule has 0 atom stereocenters. The van der Waals surface area contributed by atoms with E-state index in [0.29, 0.717) is 10.8 Å². The van der Waals surface area contributed by atoms with Crippen molar-refractivity contribution in [3.05, 3.63) is 53.3 Å². The number of ether oxygens (including phenoxy) is 1. The summed E-state index contributed by atoms with van der Waals surface area (Å²) in [7, 11) is 0. The first-order chi connectivity index (χ1) is 9.24. The molecule has 5 nitrogen and oxygen atoms in total. The second-order valence-electron chi connectivity index (χ2n) is 3.66. The molecule has 0 fully saturated rings. The Morgan fingerprint density at radius 1 is 1.37 bits per heavy atom. The Hall–Kier alpha value is -2.27. The van der Waals surface area contributed by atoms with Gasteiger partial charge in [-0.05, 0) is 36.4 Å². The molecule has 0 spiro atoms. The summed E-state index contributed by atoms with van der Waals surface area (Å²) in [6, 6.07) is 10.4. The topological polar surface area (TPSA) is 66.5 Å². The van der Waals surface area contributed by atoms with E-state index in [9.17, 15) is 4.79 Å². The summed E-state index contributed by atoms with van der Waals surface area (Å²) in [4.78, 5) is 14.4. The predicted octanol–water partition coefficient (Wildman–Crippen LogP) is 2.20. The first-order valence-corrected chi connectivity index (χ1v) is 5.95. The SMILES string of the molecule is O=C(COc1ccc(Cl)cc1)N/N=C/c1ccc[nH]1. The zero-order valence-electron chi connectivity index (χ0n) is 9.97. The van der Waals surface area contributed by atoms with E-state index < -0.39 is 0 Å². The normalized spacial score (nSPS) is 10.6. The number of carbonyl (C=O) groups excluding carboxylic acids is 1. The van der Waals surface area contributed by atoms with Crippen molar-refractivity contribution in [1.82, 2.24) is 10.4 Å². The fraction of sp³-hybridized carbons (Fsp3) is 0.0769. The van der Waals surface area contributed by atoms with Crippen LogP contribution in [-0.2, 0) is 4.79 Å². The number of amides is 1. The third-order valence-electron chi connectivity index (χ3n) is 2.20. The Morgan fingerprint density at radius 3 is 2.84 bits per heavy atom. The van der Waals surface area contributed by atoms with Gasteiger partial charge in [0.1, 0.15) is 5.75 Å². The molecule has 0 aliphatic heterocycles. The quantitative estimate of drug-likeness (QED) is 0.650. The summed E-state index contributed by atoms with van der Waals surface area (Å²) in [5.74, 6) is 0.241. The number of benzene rings is 1. The fourth-order valence-electron chi connectivity index (χ4n) is 1.31. The van der Waals surface area contributed by atoms with E-state index in [1.165, 1.54) is 6.21 Å². The maximum absolute atomic E-state index is 11.4. The fourth-order valence-corrected chi connectivity index (χ4v) is 1.44. The van der Waals surface area contributed by atoms with E-state index in [0.717, 1.165) is 5.69 Å². The van der Waals surface area contributed by atoms with Crippen molar-refractivity contribution in [2.75, 3.05) is 6.61 Å². The molecule has 0 aliphatic carbocycles. The first-order valence-electron chi connectivity index (χ1n) is 5.58. The minimum Gasteiger partial charge on any atom is -0.484 e. The van der Waals surface area contributed by atoms with Gasteiger partial charge in [-0.25, -0.2) is 5.43 Å². The molecule has 2 N–H and O–H groups in total. The lowest BCUT2D eigenvalue weighted by molar-refractivity contribution is -0.123. The summed E-state index contributed by atoms with van der Waals surface area (Å²) < 4.78 is 5.26. The number of aromatic nitrogens is 1. The summed E-state index contributed by atoms with van der Waals surface area (Å²) in [5, 5.41) is 4.40. The van der Waals surface area contributed by atoms with Crippen molar-refractivity contribution in [1.29, 1.82) is 0 Å². The van der Waals surface area contributed by atoms with Crippen LogP contribution in [0.15, 0.2) is 47.7 Å². The van der Waals surface area contributed by atoms with Gasteiger partial charge < -0.3 is 9.72 Å². The number of carbonyl (C=O) groups is 1. The van der Waals surface area contributed by atoms with Crippen molar-refractivity contribution in [2.24, 2.45) is 5.10 Å². The van der Waals surface area contributed by atoms with Gasteiger partial charge in [0.25, 0.3) is 5.91 Å². The van der Waals surface area contributed by atoms with Crippen LogP contribution in [0.3, 0.4) is 0 Å². The number of nitrogens with one attached hydrogen (secondary N) is 2. The first kappa shape index (κ1) is 13.2. The van der Waals surface area contributed by atoms with E-state index in [4.69, 9.17) is 16.3 Å². The van der Waals surface area contributed by atoms with E-state index in [1.54, 1.807) is 30.5 Å². The Balaban J connectivity index is 1.74. The molecule has 0 saturated carbocycles. The van der Waals surface area contributed by atoms with Gasteiger partial charge in [0.15, 0.2) is 6.61 Å². The number of rotatable bonds is 5. The highest BCUT2D eigenvalue weighted by Gasteiger charge is 2.01. The molecule has 2 rings (SSSR count). The molecule has 98 valence electrons. The second-order valence-corrected chi connectivity index (χ2v) is 4.10. The number of halogens is 1. The molecule has 6 heteroatoms. The molecule has 0 aliphatic rings. The zero-order chi connectivity index (χ0) is 13.5. The highest BCUT2D eigenvalue weighted by molar-refractivity contribution is 6.30. The van der Waals surface area contributed by atoms with Crippen LogP contribution in [0, 0.1) is 0 Å². The second kappa shape index (κ2) is 6.61. The maximum Gasteiger partial charge on any atom is 0.277 e. The highest BCUT2D eigenvalue weighted by Crippen LogP contribution is 2.15. The Morgan fingerprint density at radius 2 is 2.16 bits per heavy atom. The van der Waals surface area contributed by atoms with E-state index >= 15 is 0 Å². The number of hydrazone groups is 1. The van der Waals surface area contributed by atoms with Crippen molar-refractivity contribution in [3.8, 4) is 5.75 Å². The van der Waals surface area contributed by atoms with Crippen molar-refractivity contribution in [2.45, 2.75) is 0 Å². The molecule has 0 radical (unpaired) electrons. The Kier molecular flexibility index (Phi) is 4.58. The summed E-state index contributed by atoms with van der Waals surface area (Å²) in [6.45, 7) is -0.107. The molecular weight excluding hydrogens is 266 g/mol. The standard InChI is InChI=1S/C13H12ClN3O2/c14-10-3-5-12(6-4-10)19-9-13(18)17-16-8-11-2-1-7-15-11/h1-8,15H,9H2,(H,17,18)/b16-8+. The van der Waals surface area contributed by atoms with Crippen LogP contribution in [0.1, 0.15) is 5.69 Å². The number of aromatic amines is 1. The average Bonchev–Trinajstić information content (AvgIpc) is 2.91. The van der Waals surface area contributed by atoms with E-state index in [-0.39, 0.29) is 12.5 Å². The van der Waals surface area contributed by atoms with Crippen LogP contribution in [0.2, 0.25) is 5.02 Å². The molecule has 2 aromatic rings. The lowest BCUT2D eigenvalue weighted by atomic mass is 10.3. The summed E-state index contributed by atoms with van der Waals surface area (Å²) in [6.07, 6.45) is 3.28. The minimum absolute atomic E-state index is 0.107. The smallest absolute Gasteiger partial charge is 0.277 e. The lowest BCUT2D eigenvalue weighted by Crippen LogP contribution is -2.24.